The zero-order valence-electron chi connectivity index (χ0n) is 17.7. The Balaban J connectivity index is 1.45. The zero-order valence-corrected chi connectivity index (χ0v) is 17.7. The van der Waals surface area contributed by atoms with Crippen LogP contribution in [0.2, 0.25) is 0 Å². The third-order valence-corrected chi connectivity index (χ3v) is 6.95. The van der Waals surface area contributed by atoms with E-state index in [1.54, 1.807) is 0 Å². The summed E-state index contributed by atoms with van der Waals surface area (Å²) in [6, 6.07) is 14.6. The first kappa shape index (κ1) is 18.0. The van der Waals surface area contributed by atoms with Gasteiger partial charge in [-0.05, 0) is 63.0 Å². The monoisotopic (exact) mass is 397 g/mol. The SMILES string of the molecule is CC1(C)OB(c2ccc3[nH]c4c(c3c2)Cc2oc3ccccc3c2C=C4)OC1(C)C. The second kappa shape index (κ2) is 5.90. The maximum Gasteiger partial charge on any atom is 0.494 e. The fourth-order valence-corrected chi connectivity index (χ4v) is 4.50. The lowest BCUT2D eigenvalue weighted by molar-refractivity contribution is 0.00578. The number of H-pyrrole nitrogens is 1. The molecule has 6 rings (SSSR count). The van der Waals surface area contributed by atoms with Crippen LogP contribution >= 0.6 is 0 Å². The van der Waals surface area contributed by atoms with E-state index >= 15 is 0 Å². The number of hydrogen-bond acceptors (Lipinski definition) is 3. The van der Waals surface area contributed by atoms with Gasteiger partial charge in [-0.2, -0.15) is 0 Å². The average Bonchev–Trinajstić information content (AvgIpc) is 3.25. The van der Waals surface area contributed by atoms with Gasteiger partial charge >= 0.3 is 7.12 Å². The Hall–Kier alpha value is -2.76. The van der Waals surface area contributed by atoms with E-state index in [9.17, 15) is 0 Å². The number of nitrogens with one attached hydrogen (secondary N) is 1. The van der Waals surface area contributed by atoms with E-state index in [-0.39, 0.29) is 18.3 Å². The molecule has 2 aromatic heterocycles. The summed E-state index contributed by atoms with van der Waals surface area (Å²) in [5.74, 6) is 1.01. The molecule has 0 spiro atoms. The molecule has 2 aromatic carbocycles. The molecule has 0 unspecified atom stereocenters. The first-order valence-electron chi connectivity index (χ1n) is 10.5. The Labute approximate surface area is 176 Å². The van der Waals surface area contributed by atoms with Crippen LogP contribution in [-0.2, 0) is 15.7 Å². The molecular weight excluding hydrogens is 373 g/mol. The van der Waals surface area contributed by atoms with Crippen LogP contribution in [0.4, 0.5) is 0 Å². The van der Waals surface area contributed by atoms with Crippen molar-refractivity contribution in [1.29, 1.82) is 0 Å². The van der Waals surface area contributed by atoms with Gasteiger partial charge in [-0.3, -0.25) is 0 Å². The lowest BCUT2D eigenvalue weighted by atomic mass is 9.78. The number of furan rings is 1. The van der Waals surface area contributed by atoms with E-state index in [1.807, 2.05) is 12.1 Å². The van der Waals surface area contributed by atoms with Gasteiger partial charge < -0.3 is 18.7 Å². The molecule has 0 saturated carbocycles. The highest BCUT2D eigenvalue weighted by atomic mass is 16.7. The molecule has 1 aliphatic heterocycles. The number of benzene rings is 2. The molecule has 0 amide bonds. The Morgan fingerprint density at radius 3 is 2.47 bits per heavy atom. The van der Waals surface area contributed by atoms with Crippen LogP contribution in [-0.4, -0.2) is 23.3 Å². The smallest absolute Gasteiger partial charge is 0.460 e. The molecule has 1 fully saturated rings. The van der Waals surface area contributed by atoms with Crippen molar-refractivity contribution in [1.82, 2.24) is 4.98 Å². The predicted octanol–water partition coefficient (Wildman–Crippen LogP) is 5.29. The number of fused-ring (bicyclic) bond motifs is 6. The standard InChI is InChI=1S/C25H24BNO3/c1-24(2)25(3,4)30-26(29-24)15-9-11-20-18(13-15)19-14-23-17(10-12-21(19)27-20)16-7-5-6-8-22(16)28-23/h5-13,27H,14H2,1-4H3. The molecule has 3 heterocycles. The molecule has 1 aliphatic carbocycles. The Kier molecular flexibility index (Phi) is 3.55. The van der Waals surface area contributed by atoms with Crippen molar-refractivity contribution in [3.8, 4) is 0 Å². The van der Waals surface area contributed by atoms with Gasteiger partial charge in [-0.1, -0.05) is 30.3 Å². The first-order valence-corrected chi connectivity index (χ1v) is 10.5. The van der Waals surface area contributed by atoms with E-state index in [4.69, 9.17) is 13.7 Å². The Bertz CT molecular complexity index is 1330. The minimum atomic E-state index is -0.368. The largest absolute Gasteiger partial charge is 0.494 e. The summed E-state index contributed by atoms with van der Waals surface area (Å²) in [6.07, 6.45) is 5.08. The summed E-state index contributed by atoms with van der Waals surface area (Å²) >= 11 is 0. The number of rotatable bonds is 1. The highest BCUT2D eigenvalue weighted by molar-refractivity contribution is 6.62. The van der Waals surface area contributed by atoms with Gasteiger partial charge in [-0.15, -0.1) is 0 Å². The summed E-state index contributed by atoms with van der Waals surface area (Å²) in [4.78, 5) is 3.57. The van der Waals surface area contributed by atoms with E-state index in [1.165, 1.54) is 16.5 Å². The van der Waals surface area contributed by atoms with Gasteiger partial charge in [0.15, 0.2) is 0 Å². The molecule has 4 nitrogen and oxygen atoms in total. The summed E-state index contributed by atoms with van der Waals surface area (Å²) in [7, 11) is -0.368. The van der Waals surface area contributed by atoms with Gasteiger partial charge in [0.25, 0.3) is 0 Å². The molecular formula is C25H24BNO3. The average molecular weight is 397 g/mol. The molecule has 4 aromatic rings. The van der Waals surface area contributed by atoms with Crippen LogP contribution in [0.5, 0.6) is 0 Å². The van der Waals surface area contributed by atoms with Crippen LogP contribution in [0.15, 0.2) is 46.9 Å². The predicted molar refractivity (Wildman–Crippen MR) is 122 cm³/mol. The molecule has 0 radical (unpaired) electrons. The highest BCUT2D eigenvalue weighted by Gasteiger charge is 2.51. The molecule has 150 valence electrons. The lowest BCUT2D eigenvalue weighted by Gasteiger charge is -2.32. The Morgan fingerprint density at radius 1 is 0.900 bits per heavy atom. The van der Waals surface area contributed by atoms with Crippen LogP contribution in [0.3, 0.4) is 0 Å². The molecule has 0 atom stereocenters. The van der Waals surface area contributed by atoms with Crippen molar-refractivity contribution in [2.75, 3.05) is 0 Å². The van der Waals surface area contributed by atoms with Gasteiger partial charge in [-0.25, -0.2) is 0 Å². The number of hydrogen-bond donors (Lipinski definition) is 1. The lowest BCUT2D eigenvalue weighted by Crippen LogP contribution is -2.41. The van der Waals surface area contributed by atoms with Gasteiger partial charge in [0.1, 0.15) is 11.3 Å². The molecule has 0 bridgehead atoms. The van der Waals surface area contributed by atoms with E-state index in [2.05, 4.69) is 75.2 Å². The van der Waals surface area contributed by atoms with Gasteiger partial charge in [0.2, 0.25) is 0 Å². The number of aromatic amines is 1. The van der Waals surface area contributed by atoms with Crippen molar-refractivity contribution in [3.05, 3.63) is 65.0 Å². The third kappa shape index (κ3) is 2.49. The van der Waals surface area contributed by atoms with Crippen LogP contribution < -0.4 is 5.46 Å². The van der Waals surface area contributed by atoms with Crippen LogP contribution in [0.25, 0.3) is 34.0 Å². The van der Waals surface area contributed by atoms with Crippen molar-refractivity contribution in [3.63, 3.8) is 0 Å². The molecule has 30 heavy (non-hydrogen) atoms. The maximum absolute atomic E-state index is 6.28. The fraction of sp³-hybridized carbons (Fsp3) is 0.280. The van der Waals surface area contributed by atoms with Crippen LogP contribution in [0, 0.1) is 0 Å². The highest BCUT2D eigenvalue weighted by Crippen LogP contribution is 2.38. The van der Waals surface area contributed by atoms with Crippen molar-refractivity contribution in [2.24, 2.45) is 0 Å². The third-order valence-electron chi connectivity index (χ3n) is 6.95. The summed E-state index contributed by atoms with van der Waals surface area (Å²) in [5.41, 5.74) is 5.94. The Morgan fingerprint density at radius 2 is 1.67 bits per heavy atom. The maximum atomic E-state index is 6.28. The number of aromatic nitrogens is 1. The topological polar surface area (TPSA) is 47.4 Å². The molecule has 5 heteroatoms. The summed E-state index contributed by atoms with van der Waals surface area (Å²) in [5, 5.41) is 2.35. The van der Waals surface area contributed by atoms with Crippen LogP contribution in [0.1, 0.15) is 50.3 Å². The summed E-state index contributed by atoms with van der Waals surface area (Å²) < 4.78 is 18.8. The quantitative estimate of drug-likeness (QED) is 0.391. The van der Waals surface area contributed by atoms with Gasteiger partial charge in [0.05, 0.1) is 11.2 Å². The minimum Gasteiger partial charge on any atom is -0.460 e. The van der Waals surface area contributed by atoms with Crippen molar-refractivity contribution in [2.45, 2.75) is 45.3 Å². The van der Waals surface area contributed by atoms with E-state index in [0.717, 1.165) is 39.8 Å². The fourth-order valence-electron chi connectivity index (χ4n) is 4.50. The normalized spacial score (nSPS) is 19.3. The van der Waals surface area contributed by atoms with Gasteiger partial charge in [0, 0.05) is 34.0 Å². The summed E-state index contributed by atoms with van der Waals surface area (Å²) in [6.45, 7) is 8.34. The molecule has 1 N–H and O–H groups in total. The van der Waals surface area contributed by atoms with E-state index < -0.39 is 0 Å². The number of para-hydroxylation sites is 1. The second-order valence-electron chi connectivity index (χ2n) is 9.36. The molecule has 2 aliphatic rings. The molecule has 1 saturated heterocycles. The minimum absolute atomic E-state index is 0.354. The van der Waals surface area contributed by atoms with Crippen molar-refractivity contribution < 1.29 is 13.7 Å². The van der Waals surface area contributed by atoms with E-state index in [0.29, 0.717) is 0 Å². The first-order chi connectivity index (χ1) is 14.3. The van der Waals surface area contributed by atoms with Crippen molar-refractivity contribution >= 4 is 46.6 Å². The second-order valence-corrected chi connectivity index (χ2v) is 9.36. The zero-order chi connectivity index (χ0) is 20.7.